The summed E-state index contributed by atoms with van der Waals surface area (Å²) in [4.78, 5) is 24.5. The van der Waals surface area contributed by atoms with Gasteiger partial charge in [-0.15, -0.1) is 0 Å². The topological polar surface area (TPSA) is 262 Å². The molecule has 11 N–H and O–H groups in total. The first kappa shape index (κ1) is 23.5. The molecule has 3 aliphatic rings. The lowest BCUT2D eigenvalue weighted by atomic mass is 9.76. The molecule has 3 rings (SSSR count). The standard InChI is InChI=1S/C16H22N6O10/c1-13(26)11(21(2)10-8-6(23)5-18-9(8)19-12(25)20-10)14(27,28)22(7(24)3-4-17)16(31,32)15(13,29)30/h5,9,11,18,23,26-32H,3H2,1-2H3,(H2,19,20,25). The van der Waals surface area contributed by atoms with Crippen molar-refractivity contribution in [1.29, 1.82) is 5.26 Å². The fourth-order valence-corrected chi connectivity index (χ4v) is 4.15. The summed E-state index contributed by atoms with van der Waals surface area (Å²) in [5, 5.41) is 100. The molecule has 0 aromatic rings. The second-order valence-electron chi connectivity index (χ2n) is 7.71. The van der Waals surface area contributed by atoms with Crippen LogP contribution in [0.5, 0.6) is 0 Å². The van der Waals surface area contributed by atoms with E-state index in [2.05, 4.69) is 16.0 Å². The number of amides is 3. The Balaban J connectivity index is 2.23. The maximum atomic E-state index is 12.3. The highest BCUT2D eigenvalue weighted by Gasteiger charge is 2.78. The molecule has 0 spiro atoms. The fourth-order valence-electron chi connectivity index (χ4n) is 4.15. The van der Waals surface area contributed by atoms with Crippen LogP contribution < -0.4 is 16.0 Å². The lowest BCUT2D eigenvalue weighted by Gasteiger charge is -2.62. The number of hydrogen-bond donors (Lipinski definition) is 11. The molecule has 16 heteroatoms. The number of aliphatic hydroxyl groups excluding tert-OH is 1. The number of aliphatic hydroxyl groups is 8. The molecule has 3 amide bonds. The molecule has 3 heterocycles. The third-order valence-electron chi connectivity index (χ3n) is 5.65. The van der Waals surface area contributed by atoms with Gasteiger partial charge < -0.3 is 56.4 Å². The Hall–Kier alpha value is -3.17. The number of likely N-dealkylation sites (N-methyl/N-ethyl adjacent to an activating group) is 1. The number of nitriles is 1. The van der Waals surface area contributed by atoms with Gasteiger partial charge in [-0.25, -0.2) is 9.69 Å². The van der Waals surface area contributed by atoms with Crippen LogP contribution in [-0.4, -0.2) is 105 Å². The summed E-state index contributed by atoms with van der Waals surface area (Å²) < 4.78 is 0. The van der Waals surface area contributed by atoms with E-state index in [1.165, 1.54) is 6.07 Å². The maximum Gasteiger partial charge on any atom is 0.322 e. The van der Waals surface area contributed by atoms with Crippen molar-refractivity contribution in [3.05, 3.63) is 23.4 Å². The first-order valence-electron chi connectivity index (χ1n) is 9.00. The quantitative estimate of drug-likeness (QED) is 0.177. The third-order valence-corrected chi connectivity index (χ3v) is 5.65. The number of likely N-dealkylation sites (tertiary alicyclic amines) is 1. The highest BCUT2D eigenvalue weighted by molar-refractivity contribution is 5.80. The summed E-state index contributed by atoms with van der Waals surface area (Å²) in [6.07, 6.45) is -1.05. The number of rotatable bonds is 3. The number of piperidine rings is 1. The smallest absolute Gasteiger partial charge is 0.322 e. The maximum absolute atomic E-state index is 12.3. The zero-order chi connectivity index (χ0) is 24.4. The average Bonchev–Trinajstić information content (AvgIpc) is 2.99. The number of nitrogens with zero attached hydrogens (tertiary/aromatic N) is 3. The van der Waals surface area contributed by atoms with Crippen LogP contribution in [0, 0.1) is 11.3 Å². The van der Waals surface area contributed by atoms with Gasteiger partial charge in [0, 0.05) is 13.2 Å². The average molecular weight is 458 g/mol. The van der Waals surface area contributed by atoms with Gasteiger partial charge in [-0.3, -0.25) is 10.1 Å². The van der Waals surface area contributed by atoms with E-state index >= 15 is 0 Å². The molecule has 176 valence electrons. The molecule has 0 saturated carbocycles. The second-order valence-corrected chi connectivity index (χ2v) is 7.71. The molecular weight excluding hydrogens is 436 g/mol. The fraction of sp³-hybridized carbons (Fsp3) is 0.562. The van der Waals surface area contributed by atoms with E-state index in [0.717, 1.165) is 13.2 Å². The normalized spacial score (nSPS) is 32.1. The molecule has 0 aromatic carbocycles. The molecule has 0 radical (unpaired) electrons. The van der Waals surface area contributed by atoms with Gasteiger partial charge in [-0.2, -0.15) is 5.26 Å². The summed E-state index contributed by atoms with van der Waals surface area (Å²) in [6.45, 7) is 0.594. The third kappa shape index (κ3) is 2.88. The van der Waals surface area contributed by atoms with Crippen LogP contribution >= 0.6 is 0 Å². The number of urea groups is 1. The van der Waals surface area contributed by atoms with Gasteiger partial charge in [0.1, 0.15) is 30.2 Å². The van der Waals surface area contributed by atoms with E-state index in [1.807, 2.05) is 0 Å². The van der Waals surface area contributed by atoms with Gasteiger partial charge in [-0.05, 0) is 6.92 Å². The van der Waals surface area contributed by atoms with Crippen molar-refractivity contribution < 1.29 is 50.4 Å². The van der Waals surface area contributed by atoms with Gasteiger partial charge in [-0.1, -0.05) is 0 Å². The van der Waals surface area contributed by atoms with Crippen LogP contribution in [0.25, 0.3) is 0 Å². The molecule has 0 bridgehead atoms. The largest absolute Gasteiger partial charge is 0.506 e. The lowest BCUT2D eigenvalue weighted by Crippen LogP contribution is -2.90. The first-order valence-corrected chi connectivity index (χ1v) is 9.00. The van der Waals surface area contributed by atoms with Crippen LogP contribution in [-0.2, 0) is 4.79 Å². The van der Waals surface area contributed by atoms with Crippen LogP contribution in [0.3, 0.4) is 0 Å². The molecule has 3 atom stereocenters. The minimum atomic E-state index is -4.19. The Kier molecular flexibility index (Phi) is 5.08. The van der Waals surface area contributed by atoms with E-state index in [-0.39, 0.29) is 11.4 Å². The van der Waals surface area contributed by atoms with Crippen molar-refractivity contribution in [1.82, 2.24) is 25.8 Å². The predicted octanol–water partition coefficient (Wildman–Crippen LogP) is -5.40. The highest BCUT2D eigenvalue weighted by atomic mass is 16.7. The van der Waals surface area contributed by atoms with E-state index in [0.29, 0.717) is 11.8 Å². The molecule has 1 saturated heterocycles. The molecular formula is C16H22N6O10. The zero-order valence-corrected chi connectivity index (χ0v) is 16.7. The minimum absolute atomic E-state index is 0.0695. The Morgan fingerprint density at radius 1 is 1.25 bits per heavy atom. The van der Waals surface area contributed by atoms with E-state index in [1.54, 1.807) is 0 Å². The monoisotopic (exact) mass is 458 g/mol. The van der Waals surface area contributed by atoms with Gasteiger partial charge in [0.2, 0.25) is 5.91 Å². The van der Waals surface area contributed by atoms with Crippen molar-refractivity contribution in [2.24, 2.45) is 0 Å². The summed E-state index contributed by atoms with van der Waals surface area (Å²) in [7, 11) is 1.02. The Morgan fingerprint density at radius 3 is 2.41 bits per heavy atom. The molecule has 3 unspecified atom stereocenters. The number of fused-ring (bicyclic) bond motifs is 1. The number of carbonyl (C=O) groups is 2. The van der Waals surface area contributed by atoms with Crippen molar-refractivity contribution >= 4 is 11.9 Å². The predicted molar refractivity (Wildman–Crippen MR) is 97.1 cm³/mol. The van der Waals surface area contributed by atoms with E-state index < -0.39 is 64.4 Å². The van der Waals surface area contributed by atoms with Gasteiger partial charge >= 0.3 is 11.9 Å². The van der Waals surface area contributed by atoms with E-state index in [9.17, 15) is 50.4 Å². The van der Waals surface area contributed by atoms with Crippen molar-refractivity contribution in [3.8, 4) is 6.07 Å². The van der Waals surface area contributed by atoms with Crippen LogP contribution in [0.1, 0.15) is 13.3 Å². The Morgan fingerprint density at radius 2 is 1.84 bits per heavy atom. The number of carbonyl (C=O) groups excluding carboxylic acids is 2. The number of nitrogens with one attached hydrogen (secondary N) is 3. The molecule has 0 aromatic heterocycles. The minimum Gasteiger partial charge on any atom is -0.506 e. The van der Waals surface area contributed by atoms with Crippen molar-refractivity contribution in [3.63, 3.8) is 0 Å². The van der Waals surface area contributed by atoms with Crippen molar-refractivity contribution in [2.75, 3.05) is 7.05 Å². The van der Waals surface area contributed by atoms with Gasteiger partial charge in [0.15, 0.2) is 5.60 Å². The molecule has 1 fully saturated rings. The summed E-state index contributed by atoms with van der Waals surface area (Å²) in [6, 6.07) is -1.93. The van der Waals surface area contributed by atoms with Crippen molar-refractivity contribution in [2.45, 2.75) is 48.8 Å². The van der Waals surface area contributed by atoms with Gasteiger partial charge in [0.25, 0.3) is 11.7 Å². The SMILES string of the molecule is CN(C1=C2C(O)=CNC2NC(=O)N1)C1C(O)(O)N(C(=O)CC#N)C(O)(O)C(O)(O)C1(C)O. The summed E-state index contributed by atoms with van der Waals surface area (Å²) in [5.74, 6) is -14.5. The van der Waals surface area contributed by atoms with Crippen LogP contribution in [0.2, 0.25) is 0 Å². The summed E-state index contributed by atoms with van der Waals surface area (Å²) >= 11 is 0. The molecule has 0 aliphatic carbocycles. The van der Waals surface area contributed by atoms with E-state index in [4.69, 9.17) is 5.26 Å². The van der Waals surface area contributed by atoms with Gasteiger partial charge in [0.05, 0.1) is 11.6 Å². The Labute approximate surface area is 179 Å². The van der Waals surface area contributed by atoms with Crippen LogP contribution in [0.15, 0.2) is 23.4 Å². The highest BCUT2D eigenvalue weighted by Crippen LogP contribution is 2.48. The molecule has 16 nitrogen and oxygen atoms in total. The molecule has 32 heavy (non-hydrogen) atoms. The number of hydrogen-bond acceptors (Lipinski definition) is 13. The zero-order valence-electron chi connectivity index (χ0n) is 16.7. The van der Waals surface area contributed by atoms with Crippen LogP contribution in [0.4, 0.5) is 4.79 Å². The first-order chi connectivity index (χ1) is 14.5. The second kappa shape index (κ2) is 6.91. The summed E-state index contributed by atoms with van der Waals surface area (Å²) in [5.41, 5.74) is -3.32. The lowest BCUT2D eigenvalue weighted by molar-refractivity contribution is -0.525. The Bertz CT molecular complexity index is 965. The molecule has 3 aliphatic heterocycles.